The molecule has 0 saturated heterocycles. The molecule has 0 radical (unpaired) electrons. The number of nitrogen functional groups attached to an aromatic ring is 1. The number of hydrogen-bond donors (Lipinski definition) is 2. The van der Waals surface area contributed by atoms with E-state index in [-0.39, 0.29) is 5.91 Å². The van der Waals surface area contributed by atoms with Crippen LogP contribution in [0, 0.1) is 0 Å². The molecule has 3 N–H and O–H groups in total. The first-order chi connectivity index (χ1) is 11.5. The molecule has 4 nitrogen and oxygen atoms in total. The Morgan fingerprint density at radius 3 is 2.88 bits per heavy atom. The average molecular weight is 378 g/mol. The third-order valence-electron chi connectivity index (χ3n) is 4.13. The van der Waals surface area contributed by atoms with Crippen LogP contribution in [0.1, 0.15) is 27.3 Å². The monoisotopic (exact) mass is 377 g/mol. The van der Waals surface area contributed by atoms with Gasteiger partial charge in [-0.2, -0.15) is 0 Å². The normalized spacial score (nSPS) is 13.2. The molecule has 0 fully saturated rings. The maximum atomic E-state index is 12.6. The molecule has 122 valence electrons. The van der Waals surface area contributed by atoms with Gasteiger partial charge in [-0.25, -0.2) is 4.98 Å². The largest absolute Gasteiger partial charge is 0.397 e. The zero-order valence-corrected chi connectivity index (χ0v) is 14.9. The summed E-state index contributed by atoms with van der Waals surface area (Å²) in [4.78, 5) is 18.5. The van der Waals surface area contributed by atoms with Crippen molar-refractivity contribution < 1.29 is 4.79 Å². The van der Waals surface area contributed by atoms with Crippen molar-refractivity contribution in [3.05, 3.63) is 50.4 Å². The predicted octanol–water partition coefficient (Wildman–Crippen LogP) is 4.93. The van der Waals surface area contributed by atoms with Gasteiger partial charge in [-0.05, 0) is 49.1 Å². The van der Waals surface area contributed by atoms with Crippen molar-refractivity contribution in [2.45, 2.75) is 19.3 Å². The molecule has 4 rings (SSSR count). The highest BCUT2D eigenvalue weighted by atomic mass is 35.5. The van der Waals surface area contributed by atoms with Gasteiger partial charge in [0.25, 0.3) is 5.91 Å². The minimum atomic E-state index is -0.292. The number of rotatable bonds is 2. The maximum Gasteiger partial charge on any atom is 0.267 e. The number of aryl methyl sites for hydroxylation is 2. The van der Waals surface area contributed by atoms with E-state index in [1.165, 1.54) is 16.9 Å². The number of nitrogens with zero attached hydrogens (tertiary/aromatic N) is 1. The van der Waals surface area contributed by atoms with E-state index in [1.807, 2.05) is 0 Å². The smallest absolute Gasteiger partial charge is 0.267 e. The second-order valence-corrected chi connectivity index (χ2v) is 7.57. The third kappa shape index (κ3) is 2.62. The average Bonchev–Trinajstić information content (AvgIpc) is 3.12. The lowest BCUT2D eigenvalue weighted by Crippen LogP contribution is -2.12. The number of carbonyl (C=O) groups is 1. The molecule has 2 aromatic heterocycles. The number of carbonyl (C=O) groups excluding carboxylic acids is 1. The van der Waals surface area contributed by atoms with Crippen LogP contribution < -0.4 is 11.1 Å². The number of hydrogen-bond acceptors (Lipinski definition) is 4. The molecule has 0 aliphatic heterocycles. The SMILES string of the molecule is Nc1c(C(=O)Nc2ccc(Cl)cc2Cl)sc2nc3c(cc12)CCC3. The molecule has 0 saturated carbocycles. The third-order valence-corrected chi connectivity index (χ3v) is 5.80. The number of aromatic nitrogens is 1. The summed E-state index contributed by atoms with van der Waals surface area (Å²) in [7, 11) is 0. The maximum absolute atomic E-state index is 12.6. The molecule has 1 aromatic carbocycles. The van der Waals surface area contributed by atoms with Crippen LogP contribution in [0.5, 0.6) is 0 Å². The highest BCUT2D eigenvalue weighted by Gasteiger charge is 2.21. The second kappa shape index (κ2) is 5.92. The topological polar surface area (TPSA) is 68.0 Å². The van der Waals surface area contributed by atoms with Gasteiger partial charge in [0.2, 0.25) is 0 Å². The van der Waals surface area contributed by atoms with Gasteiger partial charge in [-0.1, -0.05) is 23.2 Å². The van der Waals surface area contributed by atoms with Gasteiger partial charge in [-0.15, -0.1) is 11.3 Å². The van der Waals surface area contributed by atoms with E-state index in [0.717, 1.165) is 35.2 Å². The molecule has 2 heterocycles. The number of amides is 1. The van der Waals surface area contributed by atoms with Crippen molar-refractivity contribution in [1.82, 2.24) is 4.98 Å². The Labute approximate surface area is 152 Å². The Morgan fingerprint density at radius 1 is 1.25 bits per heavy atom. The summed E-state index contributed by atoms with van der Waals surface area (Å²) in [5.41, 5.74) is 9.53. The molecule has 0 spiro atoms. The fourth-order valence-corrected chi connectivity index (χ4v) is 4.38. The van der Waals surface area contributed by atoms with E-state index in [9.17, 15) is 4.79 Å². The highest BCUT2D eigenvalue weighted by molar-refractivity contribution is 7.21. The van der Waals surface area contributed by atoms with Crippen LogP contribution in [0.3, 0.4) is 0 Å². The van der Waals surface area contributed by atoms with Crippen LogP contribution >= 0.6 is 34.5 Å². The number of anilines is 2. The van der Waals surface area contributed by atoms with E-state index >= 15 is 0 Å². The first kappa shape index (κ1) is 15.7. The summed E-state index contributed by atoms with van der Waals surface area (Å²) in [6.45, 7) is 0. The number of halogens is 2. The molecule has 0 atom stereocenters. The Kier molecular flexibility index (Phi) is 3.87. The molecular weight excluding hydrogens is 365 g/mol. The fourth-order valence-electron chi connectivity index (χ4n) is 2.94. The van der Waals surface area contributed by atoms with Gasteiger partial charge in [0.05, 0.1) is 16.4 Å². The van der Waals surface area contributed by atoms with Crippen LogP contribution in [0.2, 0.25) is 10.0 Å². The molecule has 3 aromatic rings. The van der Waals surface area contributed by atoms with Crippen LogP contribution in [-0.4, -0.2) is 10.9 Å². The molecule has 7 heteroatoms. The first-order valence-corrected chi connectivity index (χ1v) is 9.07. The van der Waals surface area contributed by atoms with Crippen molar-refractivity contribution in [2.24, 2.45) is 0 Å². The number of thiophene rings is 1. The molecule has 1 amide bonds. The second-order valence-electron chi connectivity index (χ2n) is 5.72. The van der Waals surface area contributed by atoms with Crippen molar-refractivity contribution in [3.8, 4) is 0 Å². The van der Waals surface area contributed by atoms with E-state index in [4.69, 9.17) is 28.9 Å². The van der Waals surface area contributed by atoms with Crippen LogP contribution in [-0.2, 0) is 12.8 Å². The minimum absolute atomic E-state index is 0.292. The van der Waals surface area contributed by atoms with E-state index < -0.39 is 0 Å². The quantitative estimate of drug-likeness (QED) is 0.665. The molecule has 0 bridgehead atoms. The summed E-state index contributed by atoms with van der Waals surface area (Å²) < 4.78 is 0. The number of benzene rings is 1. The van der Waals surface area contributed by atoms with Crippen molar-refractivity contribution in [1.29, 1.82) is 0 Å². The summed E-state index contributed by atoms with van der Waals surface area (Å²) in [6.07, 6.45) is 3.14. The van der Waals surface area contributed by atoms with Gasteiger partial charge in [0.1, 0.15) is 9.71 Å². The Hall–Kier alpha value is -1.82. The molecule has 0 unspecified atom stereocenters. The van der Waals surface area contributed by atoms with Crippen LogP contribution in [0.25, 0.3) is 10.2 Å². The fraction of sp³-hybridized carbons (Fsp3) is 0.176. The van der Waals surface area contributed by atoms with Gasteiger partial charge >= 0.3 is 0 Å². The lowest BCUT2D eigenvalue weighted by Gasteiger charge is -2.06. The van der Waals surface area contributed by atoms with Gasteiger partial charge < -0.3 is 11.1 Å². The lowest BCUT2D eigenvalue weighted by molar-refractivity contribution is 0.103. The molecule has 1 aliphatic carbocycles. The number of fused-ring (bicyclic) bond motifs is 2. The Morgan fingerprint density at radius 2 is 2.08 bits per heavy atom. The molecule has 24 heavy (non-hydrogen) atoms. The van der Waals surface area contributed by atoms with E-state index in [2.05, 4.69) is 16.4 Å². The highest BCUT2D eigenvalue weighted by Crippen LogP contribution is 2.36. The number of nitrogens with one attached hydrogen (secondary N) is 1. The first-order valence-electron chi connectivity index (χ1n) is 7.50. The van der Waals surface area contributed by atoms with Crippen molar-refractivity contribution in [2.75, 3.05) is 11.1 Å². The predicted molar refractivity (Wildman–Crippen MR) is 100 cm³/mol. The Bertz CT molecular complexity index is 984. The van der Waals surface area contributed by atoms with Gasteiger partial charge in [0.15, 0.2) is 0 Å². The Balaban J connectivity index is 1.70. The van der Waals surface area contributed by atoms with Crippen LogP contribution in [0.4, 0.5) is 11.4 Å². The zero-order valence-electron chi connectivity index (χ0n) is 12.5. The standard InChI is InChI=1S/C17H13Cl2N3OS/c18-9-4-5-13(11(19)7-9)21-16(23)15-14(20)10-6-8-2-1-3-12(8)22-17(10)24-15/h4-7H,1-3,20H2,(H,21,23). The summed E-state index contributed by atoms with van der Waals surface area (Å²) in [5, 5.41) is 4.53. The minimum Gasteiger partial charge on any atom is -0.397 e. The van der Waals surface area contributed by atoms with Gasteiger partial charge in [0, 0.05) is 16.1 Å². The summed E-state index contributed by atoms with van der Waals surface area (Å²) >= 11 is 13.3. The van der Waals surface area contributed by atoms with Crippen molar-refractivity contribution >= 4 is 62.0 Å². The van der Waals surface area contributed by atoms with E-state index in [0.29, 0.717) is 26.3 Å². The summed E-state index contributed by atoms with van der Waals surface area (Å²) in [5.74, 6) is -0.292. The van der Waals surface area contributed by atoms with Gasteiger partial charge in [-0.3, -0.25) is 4.79 Å². The van der Waals surface area contributed by atoms with E-state index in [1.54, 1.807) is 18.2 Å². The molecule has 1 aliphatic rings. The van der Waals surface area contributed by atoms with Crippen molar-refractivity contribution in [3.63, 3.8) is 0 Å². The molecular formula is C17H13Cl2N3OS. The van der Waals surface area contributed by atoms with Crippen LogP contribution in [0.15, 0.2) is 24.3 Å². The zero-order chi connectivity index (χ0) is 16.8. The number of pyridine rings is 1. The number of nitrogens with two attached hydrogens (primary N) is 1. The summed E-state index contributed by atoms with van der Waals surface area (Å²) in [6, 6.07) is 6.99. The lowest BCUT2D eigenvalue weighted by atomic mass is 10.1.